The van der Waals surface area contributed by atoms with E-state index in [4.69, 9.17) is 27.0 Å². The van der Waals surface area contributed by atoms with Crippen LogP contribution in [0.15, 0.2) is 73.3 Å². The lowest BCUT2D eigenvalue weighted by Gasteiger charge is -2.29. The fourth-order valence-electron chi connectivity index (χ4n) is 8.23. The lowest BCUT2D eigenvalue weighted by molar-refractivity contribution is -0.147. The molecule has 3 fully saturated rings. The average Bonchev–Trinajstić information content (AvgIpc) is 3.57. The number of hydrogen-bond donors (Lipinski definition) is 0. The number of ether oxygens (including phenoxy) is 2. The van der Waals surface area contributed by atoms with Crippen molar-refractivity contribution in [1.29, 1.82) is 15.8 Å². The quantitative estimate of drug-likeness (QED) is 0.0786. The van der Waals surface area contributed by atoms with Crippen LogP contribution in [0, 0.1) is 70.8 Å². The van der Waals surface area contributed by atoms with Crippen LogP contribution in [0.25, 0.3) is 27.3 Å². The second kappa shape index (κ2) is 21.4. The Balaban J connectivity index is 1.70. The zero-order valence-electron chi connectivity index (χ0n) is 32.2. The van der Waals surface area contributed by atoms with Gasteiger partial charge in [-0.15, -0.1) is 0 Å². The van der Waals surface area contributed by atoms with Crippen LogP contribution in [0.3, 0.4) is 0 Å². The van der Waals surface area contributed by atoms with Gasteiger partial charge in [-0.3, -0.25) is 15.5 Å². The molecule has 1 heterocycles. The van der Waals surface area contributed by atoms with E-state index in [1.165, 1.54) is 26.4 Å². The Morgan fingerprint density at radius 3 is 1.77 bits per heavy atom. The number of nitrogens with zero attached hydrogens (tertiary/aromatic N) is 7. The molecule has 0 spiro atoms. The number of nitriles is 3. The highest BCUT2D eigenvalue weighted by atomic mass is 16.5. The van der Waals surface area contributed by atoms with Crippen molar-refractivity contribution in [3.8, 4) is 18.2 Å². The van der Waals surface area contributed by atoms with E-state index in [9.17, 15) is 35.6 Å². The molecule has 0 bridgehead atoms. The van der Waals surface area contributed by atoms with Crippen LogP contribution >= 0.6 is 0 Å². The predicted octanol–water partition coefficient (Wildman–Crippen LogP) is 6.59. The lowest BCUT2D eigenvalue weighted by Crippen LogP contribution is -2.35. The number of aromatic nitrogens is 1. The topological polar surface area (TPSA) is 190 Å². The van der Waals surface area contributed by atoms with Crippen LogP contribution in [-0.2, 0) is 19.1 Å². The monoisotopic (exact) mass is 766 g/mol. The zero-order valence-corrected chi connectivity index (χ0v) is 32.2. The number of methoxy groups -OCH3 is 2. The molecular weight excluding hydrogens is 723 g/mol. The summed E-state index contributed by atoms with van der Waals surface area (Å²) in [7, 11) is 2.68. The first kappa shape index (κ1) is 43.0. The summed E-state index contributed by atoms with van der Waals surface area (Å²) in [6.45, 7) is 15.2. The summed E-state index contributed by atoms with van der Waals surface area (Å²) in [5.74, 6) is 0.456. The van der Waals surface area contributed by atoms with Crippen molar-refractivity contribution in [2.24, 2.45) is 23.7 Å². The third kappa shape index (κ3) is 10.5. The second-order valence-corrected chi connectivity index (χ2v) is 14.2. The minimum atomic E-state index is -0.593. The van der Waals surface area contributed by atoms with Crippen molar-refractivity contribution in [3.05, 3.63) is 114 Å². The molecule has 0 atom stereocenters. The molecule has 0 aromatic carbocycles. The summed E-state index contributed by atoms with van der Waals surface area (Å²) in [5, 5.41) is 40.2. The first-order valence-corrected chi connectivity index (χ1v) is 19.0. The average molecular weight is 767 g/mol. The molecule has 3 saturated carbocycles. The van der Waals surface area contributed by atoms with Crippen molar-refractivity contribution in [2.75, 3.05) is 14.2 Å². The summed E-state index contributed by atoms with van der Waals surface area (Å²) in [5.41, 5.74) is 0.266. The fraction of sp³-hybridized carbons (Fsp3) is 0.455. The van der Waals surface area contributed by atoms with Crippen LogP contribution in [0.1, 0.15) is 89.5 Å². The van der Waals surface area contributed by atoms with Crippen LogP contribution in [0.2, 0.25) is 0 Å². The Hall–Kier alpha value is -6.71. The SMILES string of the molecule is [C-]#[N+]\C(C#N)=C(/C(C#N)=C/C=C/C=c1\c(=O)o/c(=C\C=C\C(=C=[N-])/C(=C(\C#N)[N+]#[C-])C2CCC(C(=O)OC)CC2)n1C1CCCCC1)C1CCC(C(=O)OC)CC1. The van der Waals surface area contributed by atoms with Crippen molar-refractivity contribution in [1.82, 2.24) is 4.57 Å². The number of oxazole rings is 1. The molecule has 1 aromatic heterocycles. The van der Waals surface area contributed by atoms with Crippen molar-refractivity contribution in [2.45, 2.75) is 89.5 Å². The van der Waals surface area contributed by atoms with Gasteiger partial charge in [0.15, 0.2) is 0 Å². The van der Waals surface area contributed by atoms with Gasteiger partial charge in [0.2, 0.25) is 5.55 Å². The van der Waals surface area contributed by atoms with E-state index < -0.39 is 5.63 Å². The van der Waals surface area contributed by atoms with E-state index in [1.54, 1.807) is 30.4 Å². The molecule has 0 radical (unpaired) electrons. The van der Waals surface area contributed by atoms with Gasteiger partial charge in [0.05, 0.1) is 57.4 Å². The van der Waals surface area contributed by atoms with Gasteiger partial charge >= 0.3 is 17.6 Å². The van der Waals surface area contributed by atoms with Crippen LogP contribution in [-0.4, -0.2) is 36.6 Å². The van der Waals surface area contributed by atoms with Gasteiger partial charge in [-0.25, -0.2) is 25.0 Å². The van der Waals surface area contributed by atoms with E-state index in [-0.39, 0.29) is 75.1 Å². The maximum atomic E-state index is 13.4. The Labute approximate surface area is 332 Å². The molecule has 292 valence electrons. The van der Waals surface area contributed by atoms with E-state index in [1.807, 2.05) is 16.7 Å². The highest BCUT2D eigenvalue weighted by molar-refractivity contribution is 5.75. The van der Waals surface area contributed by atoms with Gasteiger partial charge in [-0.05, 0) is 117 Å². The Kier molecular flexibility index (Phi) is 16.2. The van der Waals surface area contributed by atoms with Crippen LogP contribution in [0.4, 0.5) is 0 Å². The molecule has 0 amide bonds. The Bertz CT molecular complexity index is 2280. The minimum absolute atomic E-state index is 0.0478. The van der Waals surface area contributed by atoms with Gasteiger partial charge in [-0.2, -0.15) is 5.26 Å². The molecular formula is C44H44N7O6-. The summed E-state index contributed by atoms with van der Waals surface area (Å²) < 4.78 is 17.4. The number of carbonyl (C=O) groups is 2. The lowest BCUT2D eigenvalue weighted by atomic mass is 9.76. The van der Waals surface area contributed by atoms with E-state index in [0.29, 0.717) is 62.5 Å². The van der Waals surface area contributed by atoms with E-state index in [0.717, 1.165) is 32.1 Å². The van der Waals surface area contributed by atoms with Crippen molar-refractivity contribution in [3.63, 3.8) is 0 Å². The molecule has 0 N–H and O–H groups in total. The molecule has 3 aliphatic rings. The molecule has 57 heavy (non-hydrogen) atoms. The number of hydrogen-bond acceptors (Lipinski definition) is 9. The van der Waals surface area contributed by atoms with Gasteiger partial charge < -0.3 is 23.9 Å². The zero-order chi connectivity index (χ0) is 41.3. The molecule has 0 unspecified atom stereocenters. The third-order valence-corrected chi connectivity index (χ3v) is 11.1. The molecule has 13 nitrogen and oxygen atoms in total. The van der Waals surface area contributed by atoms with E-state index >= 15 is 0 Å². The first-order valence-electron chi connectivity index (χ1n) is 19.0. The van der Waals surface area contributed by atoms with Crippen molar-refractivity contribution >= 4 is 30.0 Å². The summed E-state index contributed by atoms with van der Waals surface area (Å²) >= 11 is 0. The highest BCUT2D eigenvalue weighted by Gasteiger charge is 2.32. The fourth-order valence-corrected chi connectivity index (χ4v) is 8.23. The van der Waals surface area contributed by atoms with Gasteiger partial charge in [0, 0.05) is 11.6 Å². The summed E-state index contributed by atoms with van der Waals surface area (Å²) in [6, 6.07) is 5.95. The molecule has 0 aliphatic heterocycles. The third-order valence-electron chi connectivity index (χ3n) is 11.1. The Morgan fingerprint density at radius 2 is 1.28 bits per heavy atom. The maximum Gasteiger partial charge on any atom is 0.361 e. The highest BCUT2D eigenvalue weighted by Crippen LogP contribution is 2.39. The largest absolute Gasteiger partial charge is 0.763 e. The molecule has 3 aliphatic carbocycles. The smallest absolute Gasteiger partial charge is 0.361 e. The maximum absolute atomic E-state index is 13.4. The number of esters is 2. The van der Waals surface area contributed by atoms with Crippen molar-refractivity contribution < 1.29 is 23.5 Å². The molecule has 13 heteroatoms. The van der Waals surface area contributed by atoms with Crippen LogP contribution in [0.5, 0.6) is 0 Å². The summed E-state index contributed by atoms with van der Waals surface area (Å²) in [4.78, 5) is 44.3. The number of allylic oxidation sites excluding steroid dienone is 11. The van der Waals surface area contributed by atoms with Gasteiger partial charge in [0.1, 0.15) is 5.35 Å². The number of rotatable bonds is 11. The second-order valence-electron chi connectivity index (χ2n) is 14.2. The van der Waals surface area contributed by atoms with Gasteiger partial charge in [-0.1, -0.05) is 37.5 Å². The van der Waals surface area contributed by atoms with Gasteiger partial charge in [0.25, 0.3) is 11.4 Å². The minimum Gasteiger partial charge on any atom is -0.763 e. The van der Waals surface area contributed by atoms with Crippen LogP contribution < -0.4 is 16.5 Å². The predicted molar refractivity (Wildman–Crippen MR) is 211 cm³/mol. The molecule has 4 rings (SSSR count). The first-order chi connectivity index (χ1) is 27.7. The standard InChI is InChI=1S/C44H44N7O6/c1-49-36(27-47)40(29-17-21-31(22-18-29)42(52)55-3)33(25-45)11-8-9-15-38-44(54)57-39(51(38)35-13-6-5-7-14-35)16-10-12-34(26-46)41(37(28-48)50-2)30-19-23-32(24-20-30)43(53)56-4/h8-12,15-16,29-32,35H,5-7,13-14,17-24H2,3-4H3/q-1/b9-8+,12-10+,33-11+,38-15+,39-16-,40-36-,41-37+. The normalized spacial score (nSPS) is 23.1. The molecule has 1 aromatic rings. The molecule has 0 saturated heterocycles. The van der Waals surface area contributed by atoms with E-state index in [2.05, 4.69) is 21.6 Å². The number of carbonyl (C=O) groups excluding carboxylic acids is 2. The summed E-state index contributed by atoms with van der Waals surface area (Å²) in [6.07, 6.45) is 19.6. The Morgan fingerprint density at radius 1 is 0.754 bits per heavy atom.